The number of hydrogen-bond donors (Lipinski definition) is 2. The molecule has 1 heterocycles. The smallest absolute Gasteiger partial charge is 0.317 e. The van der Waals surface area contributed by atoms with E-state index in [-0.39, 0.29) is 25.0 Å². The molecule has 0 saturated heterocycles. The molecule has 1 aromatic heterocycles. The Morgan fingerprint density at radius 2 is 2.15 bits per heavy atom. The normalized spacial score (nSPS) is 10.4. The number of carboxylic acid groups (broad SMARTS) is 1. The monoisotopic (exact) mass is 279 g/mol. The highest BCUT2D eigenvalue weighted by molar-refractivity contribution is 5.75. The van der Waals surface area contributed by atoms with Gasteiger partial charge in [-0.25, -0.2) is 4.79 Å². The predicted octanol–water partition coefficient (Wildman–Crippen LogP) is 1.78. The number of carboxylic acids is 1. The Labute approximate surface area is 118 Å². The molecule has 2 N–H and O–H groups in total. The van der Waals surface area contributed by atoms with Gasteiger partial charge in [0.15, 0.2) is 0 Å². The van der Waals surface area contributed by atoms with Crippen LogP contribution in [0.15, 0.2) is 18.5 Å². The minimum absolute atomic E-state index is 0.0483. The molecule has 20 heavy (non-hydrogen) atoms. The van der Waals surface area contributed by atoms with Gasteiger partial charge in [-0.2, -0.15) is 0 Å². The summed E-state index contributed by atoms with van der Waals surface area (Å²) in [5.74, 6) is -0.909. The number of aromatic nitrogens is 1. The second-order valence-electron chi connectivity index (χ2n) is 4.89. The van der Waals surface area contributed by atoms with Gasteiger partial charge in [-0.05, 0) is 38.0 Å². The van der Waals surface area contributed by atoms with Crippen LogP contribution in [-0.2, 0) is 11.3 Å². The molecule has 0 aliphatic carbocycles. The highest BCUT2D eigenvalue weighted by Gasteiger charge is 2.17. The van der Waals surface area contributed by atoms with Gasteiger partial charge in [0.2, 0.25) is 0 Å². The maximum Gasteiger partial charge on any atom is 0.317 e. The standard InChI is InChI=1S/C14H21N3O3/c1-10(2)17(7-5-13(18)19)14(20)16-9-12-4-6-15-8-11(12)3/h4,6,8,10H,5,7,9H2,1-3H3,(H,16,20)(H,18,19). The molecule has 6 nitrogen and oxygen atoms in total. The number of carbonyl (C=O) groups excluding carboxylic acids is 1. The van der Waals surface area contributed by atoms with Crippen molar-refractivity contribution in [1.29, 1.82) is 0 Å². The van der Waals surface area contributed by atoms with E-state index in [9.17, 15) is 9.59 Å². The number of amides is 2. The van der Waals surface area contributed by atoms with E-state index in [1.165, 1.54) is 4.90 Å². The van der Waals surface area contributed by atoms with Gasteiger partial charge in [0.05, 0.1) is 6.42 Å². The second-order valence-corrected chi connectivity index (χ2v) is 4.89. The maximum atomic E-state index is 12.1. The molecule has 0 unspecified atom stereocenters. The number of urea groups is 1. The summed E-state index contributed by atoms with van der Waals surface area (Å²) < 4.78 is 0. The van der Waals surface area contributed by atoms with Crippen molar-refractivity contribution in [3.63, 3.8) is 0 Å². The van der Waals surface area contributed by atoms with E-state index in [4.69, 9.17) is 5.11 Å². The summed E-state index contributed by atoms with van der Waals surface area (Å²) >= 11 is 0. The lowest BCUT2D eigenvalue weighted by Gasteiger charge is -2.26. The topological polar surface area (TPSA) is 82.5 Å². The fraction of sp³-hybridized carbons (Fsp3) is 0.500. The van der Waals surface area contributed by atoms with Crippen molar-refractivity contribution in [2.75, 3.05) is 6.54 Å². The lowest BCUT2D eigenvalue weighted by molar-refractivity contribution is -0.137. The van der Waals surface area contributed by atoms with Crippen LogP contribution in [-0.4, -0.2) is 39.6 Å². The third-order valence-corrected chi connectivity index (χ3v) is 3.02. The molecular weight excluding hydrogens is 258 g/mol. The van der Waals surface area contributed by atoms with Crippen LogP contribution in [0, 0.1) is 6.92 Å². The molecule has 110 valence electrons. The first-order valence-electron chi connectivity index (χ1n) is 6.57. The molecule has 0 spiro atoms. The Morgan fingerprint density at radius 3 is 2.70 bits per heavy atom. The van der Waals surface area contributed by atoms with Crippen LogP contribution >= 0.6 is 0 Å². The summed E-state index contributed by atoms with van der Waals surface area (Å²) in [7, 11) is 0. The average Bonchev–Trinajstić information content (AvgIpc) is 2.37. The average molecular weight is 279 g/mol. The van der Waals surface area contributed by atoms with Gasteiger partial charge in [0.25, 0.3) is 0 Å². The SMILES string of the molecule is Cc1cnccc1CNC(=O)N(CCC(=O)O)C(C)C. The molecule has 0 radical (unpaired) electrons. The molecule has 6 heteroatoms. The number of rotatable bonds is 6. The van der Waals surface area contributed by atoms with Gasteiger partial charge < -0.3 is 15.3 Å². The van der Waals surface area contributed by atoms with Gasteiger partial charge >= 0.3 is 12.0 Å². The van der Waals surface area contributed by atoms with Gasteiger partial charge in [0.1, 0.15) is 0 Å². The van der Waals surface area contributed by atoms with Crippen molar-refractivity contribution in [3.8, 4) is 0 Å². The van der Waals surface area contributed by atoms with Crippen LogP contribution in [0.2, 0.25) is 0 Å². The minimum atomic E-state index is -0.909. The first-order valence-corrected chi connectivity index (χ1v) is 6.57. The second kappa shape index (κ2) is 7.47. The third kappa shape index (κ3) is 4.87. The lowest BCUT2D eigenvalue weighted by atomic mass is 10.1. The van der Waals surface area contributed by atoms with Crippen LogP contribution in [0.1, 0.15) is 31.4 Å². The molecule has 0 atom stereocenters. The Kier molecular flexibility index (Phi) is 5.96. The van der Waals surface area contributed by atoms with E-state index >= 15 is 0 Å². The van der Waals surface area contributed by atoms with Crippen molar-refractivity contribution < 1.29 is 14.7 Å². The lowest BCUT2D eigenvalue weighted by Crippen LogP contribution is -2.44. The molecule has 0 aromatic carbocycles. The molecular formula is C14H21N3O3. The first kappa shape index (κ1) is 15.9. The van der Waals surface area contributed by atoms with Gasteiger partial charge in [-0.3, -0.25) is 9.78 Å². The van der Waals surface area contributed by atoms with Crippen LogP contribution in [0.25, 0.3) is 0 Å². The van der Waals surface area contributed by atoms with Gasteiger partial charge in [-0.15, -0.1) is 0 Å². The van der Waals surface area contributed by atoms with Crippen molar-refractivity contribution in [1.82, 2.24) is 15.2 Å². The highest BCUT2D eigenvalue weighted by atomic mass is 16.4. The van der Waals surface area contributed by atoms with Gasteiger partial charge in [0, 0.05) is 31.5 Å². The molecule has 0 aliphatic heterocycles. The van der Waals surface area contributed by atoms with Crippen molar-refractivity contribution >= 4 is 12.0 Å². The first-order chi connectivity index (χ1) is 9.41. The molecule has 1 aromatic rings. The molecule has 0 fully saturated rings. The molecule has 0 bridgehead atoms. The molecule has 2 amide bonds. The summed E-state index contributed by atoms with van der Waals surface area (Å²) in [4.78, 5) is 28.2. The number of hydrogen-bond acceptors (Lipinski definition) is 3. The number of carbonyl (C=O) groups is 2. The van der Waals surface area contributed by atoms with E-state index in [0.717, 1.165) is 11.1 Å². The zero-order valence-electron chi connectivity index (χ0n) is 12.1. The molecule has 1 rings (SSSR count). The summed E-state index contributed by atoms with van der Waals surface area (Å²) in [5, 5.41) is 11.5. The van der Waals surface area contributed by atoms with Crippen LogP contribution in [0.4, 0.5) is 4.79 Å². The molecule has 0 aliphatic rings. The number of aryl methyl sites for hydroxylation is 1. The van der Waals surface area contributed by atoms with E-state index in [0.29, 0.717) is 6.54 Å². The summed E-state index contributed by atoms with van der Waals surface area (Å²) in [6.45, 7) is 6.26. The zero-order chi connectivity index (χ0) is 15.1. The quantitative estimate of drug-likeness (QED) is 0.831. The summed E-state index contributed by atoms with van der Waals surface area (Å²) in [6, 6.07) is 1.55. The zero-order valence-corrected chi connectivity index (χ0v) is 12.1. The van der Waals surface area contributed by atoms with E-state index in [2.05, 4.69) is 10.3 Å². The van der Waals surface area contributed by atoms with Crippen molar-refractivity contribution in [2.24, 2.45) is 0 Å². The Hall–Kier alpha value is -2.11. The number of aliphatic carboxylic acids is 1. The highest BCUT2D eigenvalue weighted by Crippen LogP contribution is 2.06. The van der Waals surface area contributed by atoms with Crippen molar-refractivity contribution in [2.45, 2.75) is 39.8 Å². The predicted molar refractivity (Wildman–Crippen MR) is 75.3 cm³/mol. The maximum absolute atomic E-state index is 12.1. The van der Waals surface area contributed by atoms with Crippen LogP contribution < -0.4 is 5.32 Å². The van der Waals surface area contributed by atoms with Crippen molar-refractivity contribution in [3.05, 3.63) is 29.6 Å². The van der Waals surface area contributed by atoms with E-state index in [1.54, 1.807) is 12.4 Å². The minimum Gasteiger partial charge on any atom is -0.481 e. The Balaban J connectivity index is 2.58. The van der Waals surface area contributed by atoms with E-state index in [1.807, 2.05) is 26.8 Å². The summed E-state index contributed by atoms with van der Waals surface area (Å²) in [5.41, 5.74) is 2.00. The fourth-order valence-corrected chi connectivity index (χ4v) is 1.78. The van der Waals surface area contributed by atoms with Crippen LogP contribution in [0.5, 0.6) is 0 Å². The Morgan fingerprint density at radius 1 is 1.45 bits per heavy atom. The number of nitrogens with one attached hydrogen (secondary N) is 1. The molecule has 0 saturated carbocycles. The van der Waals surface area contributed by atoms with Crippen LogP contribution in [0.3, 0.4) is 0 Å². The number of nitrogens with zero attached hydrogens (tertiary/aromatic N) is 2. The van der Waals surface area contributed by atoms with Gasteiger partial charge in [-0.1, -0.05) is 0 Å². The van der Waals surface area contributed by atoms with E-state index < -0.39 is 5.97 Å². The summed E-state index contributed by atoms with van der Waals surface area (Å²) in [6.07, 6.45) is 3.37. The third-order valence-electron chi connectivity index (χ3n) is 3.02. The fourth-order valence-electron chi connectivity index (χ4n) is 1.78. The Bertz CT molecular complexity index is 474. The number of pyridine rings is 1. The largest absolute Gasteiger partial charge is 0.481 e.